The number of aryl methyl sites for hydroxylation is 1. The molecule has 1 heterocycles. The Hall–Kier alpha value is -0.640. The highest BCUT2D eigenvalue weighted by molar-refractivity contribution is 9.10. The number of nitrogens with zero attached hydrogens (tertiary/aromatic N) is 2. The molecule has 3 nitrogen and oxygen atoms in total. The highest BCUT2D eigenvalue weighted by Gasteiger charge is 1.92. The van der Waals surface area contributed by atoms with Crippen LogP contribution in [0.4, 0.5) is 0 Å². The van der Waals surface area contributed by atoms with Crippen molar-refractivity contribution >= 4 is 15.9 Å². The highest BCUT2D eigenvalue weighted by atomic mass is 79.9. The number of hydrogen-bond acceptors (Lipinski definition) is 2. The lowest BCUT2D eigenvalue weighted by Crippen LogP contribution is -2.20. The predicted octanol–water partition coefficient (Wildman–Crippen LogP) is 1.03. The van der Waals surface area contributed by atoms with Gasteiger partial charge in [0.05, 0.1) is 6.20 Å². The molecule has 1 aromatic heterocycles. The van der Waals surface area contributed by atoms with Gasteiger partial charge in [0.25, 0.3) is 5.56 Å². The van der Waals surface area contributed by atoms with E-state index in [0.29, 0.717) is 6.54 Å². The van der Waals surface area contributed by atoms with E-state index < -0.39 is 0 Å². The van der Waals surface area contributed by atoms with E-state index in [4.69, 9.17) is 0 Å². The summed E-state index contributed by atoms with van der Waals surface area (Å²) in [7, 11) is 0. The van der Waals surface area contributed by atoms with E-state index in [2.05, 4.69) is 21.0 Å². The van der Waals surface area contributed by atoms with Crippen molar-refractivity contribution in [3.63, 3.8) is 0 Å². The maximum Gasteiger partial charge on any atom is 0.267 e. The number of halogens is 1. The molecule has 0 bridgehead atoms. The van der Waals surface area contributed by atoms with Crippen LogP contribution in [-0.2, 0) is 6.54 Å². The van der Waals surface area contributed by atoms with E-state index in [0.717, 1.165) is 4.47 Å². The van der Waals surface area contributed by atoms with Gasteiger partial charge >= 0.3 is 0 Å². The van der Waals surface area contributed by atoms with Crippen LogP contribution in [0.25, 0.3) is 0 Å². The van der Waals surface area contributed by atoms with Gasteiger partial charge < -0.3 is 0 Å². The van der Waals surface area contributed by atoms with Crippen molar-refractivity contribution in [1.82, 2.24) is 9.78 Å². The minimum absolute atomic E-state index is 0.0723. The summed E-state index contributed by atoms with van der Waals surface area (Å²) in [6.45, 7) is 2.49. The van der Waals surface area contributed by atoms with Crippen molar-refractivity contribution < 1.29 is 0 Å². The molecular weight excluding hydrogens is 196 g/mol. The van der Waals surface area contributed by atoms with Crippen molar-refractivity contribution in [3.05, 3.63) is 27.1 Å². The van der Waals surface area contributed by atoms with Crippen molar-refractivity contribution in [1.29, 1.82) is 0 Å². The zero-order valence-electron chi connectivity index (χ0n) is 5.54. The van der Waals surface area contributed by atoms with Crippen molar-refractivity contribution in [2.45, 2.75) is 13.5 Å². The largest absolute Gasteiger partial charge is 0.268 e. The molecule has 0 unspecified atom stereocenters. The van der Waals surface area contributed by atoms with Crippen LogP contribution in [0.3, 0.4) is 0 Å². The topological polar surface area (TPSA) is 34.9 Å². The number of rotatable bonds is 1. The molecule has 1 rings (SSSR count). The van der Waals surface area contributed by atoms with Crippen LogP contribution in [0.15, 0.2) is 21.5 Å². The van der Waals surface area contributed by atoms with Gasteiger partial charge in [0.15, 0.2) is 0 Å². The lowest BCUT2D eigenvalue weighted by atomic mass is 10.6. The summed E-state index contributed by atoms with van der Waals surface area (Å²) in [6, 6.07) is 1.50. The van der Waals surface area contributed by atoms with Gasteiger partial charge in [-0.1, -0.05) is 0 Å². The van der Waals surface area contributed by atoms with Gasteiger partial charge in [0.1, 0.15) is 0 Å². The van der Waals surface area contributed by atoms with Crippen molar-refractivity contribution in [2.24, 2.45) is 0 Å². The Morgan fingerprint density at radius 2 is 2.50 bits per heavy atom. The molecule has 54 valence electrons. The Morgan fingerprint density at radius 1 is 1.80 bits per heavy atom. The quantitative estimate of drug-likeness (QED) is 0.683. The minimum Gasteiger partial charge on any atom is -0.268 e. The lowest BCUT2D eigenvalue weighted by Gasteiger charge is -1.96. The summed E-state index contributed by atoms with van der Waals surface area (Å²) in [5.41, 5.74) is -0.0723. The molecule has 0 N–H and O–H groups in total. The molecule has 0 saturated carbocycles. The van der Waals surface area contributed by atoms with Gasteiger partial charge in [0.2, 0.25) is 0 Å². The second-order valence-electron chi connectivity index (χ2n) is 1.83. The monoisotopic (exact) mass is 202 g/mol. The van der Waals surface area contributed by atoms with Gasteiger partial charge in [0, 0.05) is 17.1 Å². The van der Waals surface area contributed by atoms with E-state index >= 15 is 0 Å². The smallest absolute Gasteiger partial charge is 0.267 e. The Bertz CT molecular complexity index is 281. The van der Waals surface area contributed by atoms with Crippen LogP contribution in [0, 0.1) is 0 Å². The predicted molar refractivity (Wildman–Crippen MR) is 41.9 cm³/mol. The fraction of sp³-hybridized carbons (Fsp3) is 0.333. The third kappa shape index (κ3) is 1.44. The Morgan fingerprint density at radius 3 is 3.00 bits per heavy atom. The molecule has 0 aliphatic carbocycles. The van der Waals surface area contributed by atoms with Gasteiger partial charge in [-0.25, -0.2) is 4.68 Å². The van der Waals surface area contributed by atoms with Gasteiger partial charge in [-0.2, -0.15) is 5.10 Å². The first-order chi connectivity index (χ1) is 4.74. The molecule has 0 spiro atoms. The molecule has 0 radical (unpaired) electrons. The molecular formula is C6H7BrN2O. The fourth-order valence-corrected chi connectivity index (χ4v) is 0.936. The van der Waals surface area contributed by atoms with Gasteiger partial charge in [-0.15, -0.1) is 0 Å². The van der Waals surface area contributed by atoms with E-state index in [1.807, 2.05) is 6.92 Å². The summed E-state index contributed by atoms with van der Waals surface area (Å²) < 4.78 is 2.12. The molecule has 0 saturated heterocycles. The van der Waals surface area contributed by atoms with Crippen LogP contribution >= 0.6 is 15.9 Å². The average molecular weight is 203 g/mol. The molecule has 0 aliphatic rings. The zero-order valence-corrected chi connectivity index (χ0v) is 7.13. The summed E-state index contributed by atoms with van der Waals surface area (Å²) in [4.78, 5) is 10.9. The third-order valence-corrected chi connectivity index (χ3v) is 1.57. The maximum absolute atomic E-state index is 10.9. The highest BCUT2D eigenvalue weighted by Crippen LogP contribution is 2.00. The summed E-state index contributed by atoms with van der Waals surface area (Å²) in [6.07, 6.45) is 1.60. The first-order valence-electron chi connectivity index (χ1n) is 2.96. The first kappa shape index (κ1) is 7.47. The van der Waals surface area contributed by atoms with Crippen LogP contribution in [0.1, 0.15) is 6.92 Å². The molecule has 0 amide bonds. The molecule has 0 fully saturated rings. The summed E-state index contributed by atoms with van der Waals surface area (Å²) >= 11 is 3.15. The lowest BCUT2D eigenvalue weighted by molar-refractivity contribution is 0.613. The second-order valence-corrected chi connectivity index (χ2v) is 2.74. The summed E-state index contributed by atoms with van der Waals surface area (Å²) in [5, 5.41) is 3.85. The SMILES string of the molecule is CCn1ncc(Br)cc1=O. The Kier molecular flexibility index (Phi) is 2.21. The van der Waals surface area contributed by atoms with E-state index in [-0.39, 0.29) is 5.56 Å². The van der Waals surface area contributed by atoms with E-state index in [1.165, 1.54) is 10.7 Å². The molecule has 0 aliphatic heterocycles. The third-order valence-electron chi connectivity index (χ3n) is 1.14. The van der Waals surface area contributed by atoms with Crippen molar-refractivity contribution in [3.8, 4) is 0 Å². The molecule has 4 heteroatoms. The molecule has 0 atom stereocenters. The Labute approximate surface area is 66.8 Å². The number of aromatic nitrogens is 2. The number of hydrogen-bond donors (Lipinski definition) is 0. The standard InChI is InChI=1S/C6H7BrN2O/c1-2-9-6(10)3-5(7)4-8-9/h3-4H,2H2,1H3. The molecule has 0 aromatic carbocycles. The zero-order chi connectivity index (χ0) is 7.56. The normalized spacial score (nSPS) is 9.80. The Balaban J connectivity index is 3.20. The minimum atomic E-state index is -0.0723. The maximum atomic E-state index is 10.9. The van der Waals surface area contributed by atoms with E-state index in [9.17, 15) is 4.79 Å². The van der Waals surface area contributed by atoms with Gasteiger partial charge in [-0.3, -0.25) is 4.79 Å². The first-order valence-corrected chi connectivity index (χ1v) is 3.76. The molecule has 1 aromatic rings. The van der Waals surface area contributed by atoms with Gasteiger partial charge in [-0.05, 0) is 22.9 Å². The van der Waals surface area contributed by atoms with Crippen LogP contribution in [-0.4, -0.2) is 9.78 Å². The second kappa shape index (κ2) is 2.96. The average Bonchev–Trinajstić information content (AvgIpc) is 1.88. The van der Waals surface area contributed by atoms with Crippen LogP contribution in [0.2, 0.25) is 0 Å². The van der Waals surface area contributed by atoms with Crippen LogP contribution in [0.5, 0.6) is 0 Å². The molecule has 10 heavy (non-hydrogen) atoms. The summed E-state index contributed by atoms with van der Waals surface area (Å²) in [5.74, 6) is 0. The fourth-order valence-electron chi connectivity index (χ4n) is 0.649. The van der Waals surface area contributed by atoms with Crippen molar-refractivity contribution in [2.75, 3.05) is 0 Å². The van der Waals surface area contributed by atoms with Crippen LogP contribution < -0.4 is 5.56 Å². The van der Waals surface area contributed by atoms with E-state index in [1.54, 1.807) is 6.20 Å².